The van der Waals surface area contributed by atoms with E-state index in [-0.39, 0.29) is 30.6 Å². The highest BCUT2D eigenvalue weighted by Crippen LogP contribution is 2.17. The lowest BCUT2D eigenvalue weighted by atomic mass is 9.99. The first kappa shape index (κ1) is 16.4. The second-order valence-electron chi connectivity index (χ2n) is 5.57. The second kappa shape index (κ2) is 7.35. The van der Waals surface area contributed by atoms with Crippen molar-refractivity contribution in [3.8, 4) is 0 Å². The number of rotatable bonds is 5. The number of carboxylic acids is 1. The Kier molecular flexibility index (Phi) is 5.49. The Hall–Kier alpha value is -1.95. The van der Waals surface area contributed by atoms with Crippen LogP contribution in [-0.4, -0.2) is 47.7 Å². The predicted molar refractivity (Wildman–Crippen MR) is 77.8 cm³/mol. The zero-order valence-electron chi connectivity index (χ0n) is 12.5. The van der Waals surface area contributed by atoms with E-state index < -0.39 is 12.1 Å². The fraction of sp³-hybridized carbons (Fsp3) is 0.500. The number of carboxylic acid groups (broad SMARTS) is 1. The van der Waals surface area contributed by atoms with Gasteiger partial charge in [-0.3, -0.25) is 9.59 Å². The Morgan fingerprint density at radius 2 is 2.18 bits per heavy atom. The van der Waals surface area contributed by atoms with Crippen molar-refractivity contribution in [2.45, 2.75) is 25.9 Å². The van der Waals surface area contributed by atoms with Crippen LogP contribution in [0, 0.1) is 11.7 Å². The molecule has 2 rings (SSSR count). The molecule has 0 unspecified atom stereocenters. The third-order valence-corrected chi connectivity index (χ3v) is 3.76. The van der Waals surface area contributed by atoms with Gasteiger partial charge in [0.15, 0.2) is 0 Å². The van der Waals surface area contributed by atoms with Gasteiger partial charge in [-0.2, -0.15) is 0 Å². The van der Waals surface area contributed by atoms with Gasteiger partial charge < -0.3 is 14.7 Å². The van der Waals surface area contributed by atoms with Gasteiger partial charge in [-0.05, 0) is 18.1 Å². The highest BCUT2D eigenvalue weighted by atomic mass is 19.1. The predicted octanol–water partition coefficient (Wildman–Crippen LogP) is 1.71. The molecule has 1 aromatic rings. The smallest absolute Gasteiger partial charge is 0.306 e. The molecule has 0 radical (unpaired) electrons. The zero-order valence-corrected chi connectivity index (χ0v) is 12.5. The van der Waals surface area contributed by atoms with E-state index in [0.717, 1.165) is 0 Å². The summed E-state index contributed by atoms with van der Waals surface area (Å²) in [5, 5.41) is 8.80. The molecule has 120 valence electrons. The molecule has 0 bridgehead atoms. The SMILES string of the molecule is C[C@@H](Cc1ccccc1F)C(=O)N1CCO[C@@H](CC(=O)O)C1. The molecule has 1 aliphatic rings. The van der Waals surface area contributed by atoms with Crippen molar-refractivity contribution in [2.24, 2.45) is 5.92 Å². The minimum Gasteiger partial charge on any atom is -0.481 e. The maximum absolute atomic E-state index is 13.7. The first-order chi connectivity index (χ1) is 10.5. The Morgan fingerprint density at radius 1 is 1.45 bits per heavy atom. The fourth-order valence-corrected chi connectivity index (χ4v) is 2.63. The molecule has 1 heterocycles. The number of carbonyl (C=O) groups excluding carboxylic acids is 1. The topological polar surface area (TPSA) is 66.8 Å². The van der Waals surface area contributed by atoms with Crippen LogP contribution in [0.3, 0.4) is 0 Å². The van der Waals surface area contributed by atoms with Crippen LogP contribution < -0.4 is 0 Å². The van der Waals surface area contributed by atoms with E-state index >= 15 is 0 Å². The number of halogens is 1. The standard InChI is InChI=1S/C16H20FNO4/c1-11(8-12-4-2-3-5-14(12)17)16(21)18-6-7-22-13(10-18)9-15(19)20/h2-5,11,13H,6-10H2,1H3,(H,19,20)/t11-,13-/m0/s1. The molecule has 1 N–H and O–H groups in total. The molecule has 1 saturated heterocycles. The van der Waals surface area contributed by atoms with Crippen molar-refractivity contribution in [2.75, 3.05) is 19.7 Å². The summed E-state index contributed by atoms with van der Waals surface area (Å²) in [4.78, 5) is 24.8. The monoisotopic (exact) mass is 309 g/mol. The Bertz CT molecular complexity index is 549. The molecule has 0 aromatic heterocycles. The minimum atomic E-state index is -0.946. The maximum atomic E-state index is 13.7. The summed E-state index contributed by atoms with van der Waals surface area (Å²) in [5.41, 5.74) is 0.513. The molecule has 0 saturated carbocycles. The number of nitrogens with zero attached hydrogens (tertiary/aromatic N) is 1. The number of hydrogen-bond donors (Lipinski definition) is 1. The molecule has 2 atom stereocenters. The number of carbonyl (C=O) groups is 2. The van der Waals surface area contributed by atoms with Crippen molar-refractivity contribution in [1.29, 1.82) is 0 Å². The first-order valence-electron chi connectivity index (χ1n) is 7.33. The van der Waals surface area contributed by atoms with Crippen molar-refractivity contribution in [3.63, 3.8) is 0 Å². The average molecular weight is 309 g/mol. The van der Waals surface area contributed by atoms with E-state index in [1.165, 1.54) is 6.07 Å². The highest BCUT2D eigenvalue weighted by molar-refractivity contribution is 5.79. The minimum absolute atomic E-state index is 0.0954. The van der Waals surface area contributed by atoms with E-state index in [9.17, 15) is 14.0 Å². The van der Waals surface area contributed by atoms with Gasteiger partial charge in [0.05, 0.1) is 19.1 Å². The third kappa shape index (κ3) is 4.27. The number of amides is 1. The summed E-state index contributed by atoms with van der Waals surface area (Å²) in [6, 6.07) is 6.41. The number of aliphatic carboxylic acids is 1. The van der Waals surface area contributed by atoms with Crippen LogP contribution in [0.15, 0.2) is 24.3 Å². The molecular weight excluding hydrogens is 289 g/mol. The Morgan fingerprint density at radius 3 is 2.86 bits per heavy atom. The Labute approximate surface area is 128 Å². The van der Waals surface area contributed by atoms with Gasteiger partial charge in [-0.25, -0.2) is 4.39 Å². The van der Waals surface area contributed by atoms with E-state index in [2.05, 4.69) is 0 Å². The van der Waals surface area contributed by atoms with Gasteiger partial charge >= 0.3 is 5.97 Å². The lowest BCUT2D eigenvalue weighted by Gasteiger charge is -2.34. The maximum Gasteiger partial charge on any atom is 0.306 e. The molecule has 5 nitrogen and oxygen atoms in total. The van der Waals surface area contributed by atoms with Crippen LogP contribution in [0.2, 0.25) is 0 Å². The largest absolute Gasteiger partial charge is 0.481 e. The summed E-state index contributed by atoms with van der Waals surface area (Å²) in [5.74, 6) is -1.71. The molecule has 22 heavy (non-hydrogen) atoms. The second-order valence-corrected chi connectivity index (χ2v) is 5.57. The molecule has 6 heteroatoms. The number of benzene rings is 1. The van der Waals surface area contributed by atoms with E-state index in [1.54, 1.807) is 30.0 Å². The average Bonchev–Trinajstić information content (AvgIpc) is 2.48. The molecule has 1 amide bonds. The molecule has 0 aliphatic carbocycles. The third-order valence-electron chi connectivity index (χ3n) is 3.76. The number of ether oxygens (including phenoxy) is 1. The van der Waals surface area contributed by atoms with Crippen LogP contribution in [0.4, 0.5) is 4.39 Å². The van der Waals surface area contributed by atoms with Crippen molar-refractivity contribution >= 4 is 11.9 Å². The molecular formula is C16H20FNO4. The van der Waals surface area contributed by atoms with Crippen LogP contribution in [0.1, 0.15) is 18.9 Å². The first-order valence-corrected chi connectivity index (χ1v) is 7.33. The Balaban J connectivity index is 1.95. The lowest BCUT2D eigenvalue weighted by Crippen LogP contribution is -2.48. The summed E-state index contributed by atoms with van der Waals surface area (Å²) in [6.07, 6.45) is -0.270. The zero-order chi connectivity index (χ0) is 16.1. The number of morpholine rings is 1. The van der Waals surface area contributed by atoms with E-state index in [0.29, 0.717) is 25.1 Å². The van der Waals surface area contributed by atoms with E-state index in [1.807, 2.05) is 0 Å². The quantitative estimate of drug-likeness (QED) is 0.899. The highest BCUT2D eigenvalue weighted by Gasteiger charge is 2.28. The van der Waals surface area contributed by atoms with Crippen LogP contribution in [0.25, 0.3) is 0 Å². The summed E-state index contributed by atoms with van der Waals surface area (Å²) < 4.78 is 19.0. The van der Waals surface area contributed by atoms with Crippen molar-refractivity contribution < 1.29 is 23.8 Å². The van der Waals surface area contributed by atoms with E-state index in [4.69, 9.17) is 9.84 Å². The van der Waals surface area contributed by atoms with Crippen molar-refractivity contribution in [3.05, 3.63) is 35.6 Å². The molecule has 0 spiro atoms. The van der Waals surface area contributed by atoms with Gasteiger partial charge in [0.2, 0.25) is 5.91 Å². The van der Waals surface area contributed by atoms with Gasteiger partial charge in [0.25, 0.3) is 0 Å². The van der Waals surface area contributed by atoms with Gasteiger partial charge in [-0.15, -0.1) is 0 Å². The normalized spacial score (nSPS) is 19.7. The van der Waals surface area contributed by atoms with Crippen LogP contribution in [-0.2, 0) is 20.7 Å². The lowest BCUT2D eigenvalue weighted by molar-refractivity contribution is -0.149. The fourth-order valence-electron chi connectivity index (χ4n) is 2.63. The van der Waals surface area contributed by atoms with Crippen LogP contribution in [0.5, 0.6) is 0 Å². The number of hydrogen-bond acceptors (Lipinski definition) is 3. The molecule has 1 aromatic carbocycles. The van der Waals surface area contributed by atoms with Gasteiger partial charge in [0, 0.05) is 19.0 Å². The molecule has 1 fully saturated rings. The summed E-state index contributed by atoms with van der Waals surface area (Å²) >= 11 is 0. The van der Waals surface area contributed by atoms with Crippen molar-refractivity contribution in [1.82, 2.24) is 4.90 Å². The summed E-state index contributed by atoms with van der Waals surface area (Å²) in [7, 11) is 0. The van der Waals surface area contributed by atoms with Gasteiger partial charge in [-0.1, -0.05) is 25.1 Å². The van der Waals surface area contributed by atoms with Gasteiger partial charge in [0.1, 0.15) is 5.82 Å². The summed E-state index contributed by atoms with van der Waals surface area (Å²) in [6.45, 7) is 2.80. The van der Waals surface area contributed by atoms with Crippen LogP contribution >= 0.6 is 0 Å². The molecule has 1 aliphatic heterocycles.